The van der Waals surface area contributed by atoms with Gasteiger partial charge in [0.15, 0.2) is 0 Å². The molecule has 0 aliphatic carbocycles. The third-order valence-electron chi connectivity index (χ3n) is 5.74. The first-order valence-electron chi connectivity index (χ1n) is 10.7. The van der Waals surface area contributed by atoms with Crippen LogP contribution in [0.3, 0.4) is 0 Å². The number of nitrogens with zero attached hydrogens (tertiary/aromatic N) is 1. The van der Waals surface area contributed by atoms with Gasteiger partial charge in [-0.3, -0.25) is 19.3 Å². The van der Waals surface area contributed by atoms with E-state index >= 15 is 0 Å². The van der Waals surface area contributed by atoms with Crippen LogP contribution in [0, 0.1) is 6.92 Å². The van der Waals surface area contributed by atoms with Crippen molar-refractivity contribution >= 4 is 29.4 Å². The van der Waals surface area contributed by atoms with Crippen molar-refractivity contribution in [1.82, 2.24) is 15.5 Å². The van der Waals surface area contributed by atoms with Gasteiger partial charge in [0, 0.05) is 17.8 Å². The fourth-order valence-electron chi connectivity index (χ4n) is 3.62. The molecule has 32 heavy (non-hydrogen) atoms. The Balaban J connectivity index is 1.56. The minimum absolute atomic E-state index is 0.198. The minimum atomic E-state index is -0.929. The molecule has 168 valence electrons. The van der Waals surface area contributed by atoms with Gasteiger partial charge in [-0.2, -0.15) is 0 Å². The van der Waals surface area contributed by atoms with E-state index in [4.69, 9.17) is 0 Å². The number of carbonyl (C=O) groups is 4. The Labute approximate surface area is 187 Å². The highest BCUT2D eigenvalue weighted by atomic mass is 16.2. The topological polar surface area (TPSA) is 108 Å². The Hall–Kier alpha value is -3.68. The van der Waals surface area contributed by atoms with Crippen LogP contribution in [0.1, 0.15) is 48.2 Å². The molecule has 1 heterocycles. The van der Waals surface area contributed by atoms with E-state index < -0.39 is 17.5 Å². The maximum Gasteiger partial charge on any atom is 0.325 e. The monoisotopic (exact) mass is 436 g/mol. The molecule has 2 aromatic rings. The SMILES string of the molecule is CCC1(CC)NC(=O)N(CC(=O)NCc2cccc(NC(=O)c3ccc(C)cc3)c2)C1=O. The van der Waals surface area contributed by atoms with Gasteiger partial charge in [0.1, 0.15) is 12.1 Å². The summed E-state index contributed by atoms with van der Waals surface area (Å²) in [4.78, 5) is 50.5. The molecule has 0 spiro atoms. The molecule has 0 bridgehead atoms. The van der Waals surface area contributed by atoms with Crippen LogP contribution < -0.4 is 16.0 Å². The first-order valence-corrected chi connectivity index (χ1v) is 10.7. The Morgan fingerprint density at radius 1 is 1.03 bits per heavy atom. The van der Waals surface area contributed by atoms with Crippen molar-refractivity contribution in [2.45, 2.75) is 45.7 Å². The molecule has 1 saturated heterocycles. The van der Waals surface area contributed by atoms with Gasteiger partial charge < -0.3 is 16.0 Å². The lowest BCUT2D eigenvalue weighted by atomic mass is 9.93. The summed E-state index contributed by atoms with van der Waals surface area (Å²) >= 11 is 0. The second-order valence-electron chi connectivity index (χ2n) is 7.91. The predicted octanol–water partition coefficient (Wildman–Crippen LogP) is 2.97. The van der Waals surface area contributed by atoms with Crippen LogP contribution in [0.15, 0.2) is 48.5 Å². The van der Waals surface area contributed by atoms with Crippen LogP contribution in [-0.2, 0) is 16.1 Å². The highest BCUT2D eigenvalue weighted by molar-refractivity contribution is 6.09. The second-order valence-corrected chi connectivity index (χ2v) is 7.91. The molecule has 3 rings (SSSR count). The van der Waals surface area contributed by atoms with E-state index in [1.807, 2.05) is 39.0 Å². The number of hydrogen-bond donors (Lipinski definition) is 3. The maximum atomic E-state index is 12.6. The molecule has 1 fully saturated rings. The number of urea groups is 1. The molecule has 1 aliphatic rings. The van der Waals surface area contributed by atoms with Gasteiger partial charge in [-0.05, 0) is 49.6 Å². The van der Waals surface area contributed by atoms with Gasteiger partial charge in [-0.15, -0.1) is 0 Å². The zero-order valence-electron chi connectivity index (χ0n) is 18.5. The fourth-order valence-corrected chi connectivity index (χ4v) is 3.62. The predicted molar refractivity (Wildman–Crippen MR) is 121 cm³/mol. The second kappa shape index (κ2) is 9.64. The molecule has 8 heteroatoms. The Kier molecular flexibility index (Phi) is 6.92. The van der Waals surface area contributed by atoms with Gasteiger partial charge in [0.05, 0.1) is 0 Å². The molecule has 0 aromatic heterocycles. The fraction of sp³-hybridized carbons (Fsp3) is 0.333. The number of nitrogens with one attached hydrogen (secondary N) is 3. The largest absolute Gasteiger partial charge is 0.350 e. The van der Waals surface area contributed by atoms with Crippen LogP contribution in [-0.4, -0.2) is 40.7 Å². The van der Waals surface area contributed by atoms with Crippen molar-refractivity contribution in [3.8, 4) is 0 Å². The molecule has 0 radical (unpaired) electrons. The molecule has 1 aliphatic heterocycles. The smallest absolute Gasteiger partial charge is 0.325 e. The summed E-state index contributed by atoms with van der Waals surface area (Å²) in [5, 5.41) is 8.27. The van der Waals surface area contributed by atoms with E-state index in [0.29, 0.717) is 24.1 Å². The Morgan fingerprint density at radius 2 is 1.72 bits per heavy atom. The van der Waals surface area contributed by atoms with Gasteiger partial charge >= 0.3 is 6.03 Å². The lowest BCUT2D eigenvalue weighted by Gasteiger charge is -2.23. The highest BCUT2D eigenvalue weighted by Crippen LogP contribution is 2.24. The van der Waals surface area contributed by atoms with E-state index in [1.54, 1.807) is 30.3 Å². The molecular weight excluding hydrogens is 408 g/mol. The lowest BCUT2D eigenvalue weighted by Crippen LogP contribution is -2.46. The molecule has 3 N–H and O–H groups in total. The highest BCUT2D eigenvalue weighted by Gasteiger charge is 2.49. The van der Waals surface area contributed by atoms with Crippen LogP contribution in [0.2, 0.25) is 0 Å². The number of imide groups is 1. The van der Waals surface area contributed by atoms with E-state index in [0.717, 1.165) is 16.0 Å². The molecule has 0 unspecified atom stereocenters. The summed E-state index contributed by atoms with van der Waals surface area (Å²) in [7, 11) is 0. The lowest BCUT2D eigenvalue weighted by molar-refractivity contribution is -0.135. The van der Waals surface area contributed by atoms with Gasteiger partial charge in [0.2, 0.25) is 5.91 Å². The molecule has 2 aromatic carbocycles. The van der Waals surface area contributed by atoms with Crippen molar-refractivity contribution in [2.75, 3.05) is 11.9 Å². The number of rotatable bonds is 8. The number of aryl methyl sites for hydroxylation is 1. The van der Waals surface area contributed by atoms with E-state index in [1.165, 1.54) is 0 Å². The van der Waals surface area contributed by atoms with Gasteiger partial charge in [0.25, 0.3) is 11.8 Å². The number of benzene rings is 2. The average Bonchev–Trinajstić information content (AvgIpc) is 3.03. The molecule has 0 saturated carbocycles. The zero-order chi connectivity index (χ0) is 23.3. The normalized spacial score (nSPS) is 14.8. The summed E-state index contributed by atoms with van der Waals surface area (Å²) in [5.74, 6) is -1.03. The van der Waals surface area contributed by atoms with Crippen molar-refractivity contribution < 1.29 is 19.2 Å². The van der Waals surface area contributed by atoms with Crippen molar-refractivity contribution in [3.05, 3.63) is 65.2 Å². The van der Waals surface area contributed by atoms with Crippen molar-refractivity contribution in [3.63, 3.8) is 0 Å². The molecule has 5 amide bonds. The van der Waals surface area contributed by atoms with Crippen LogP contribution in [0.4, 0.5) is 10.5 Å². The summed E-state index contributed by atoms with van der Waals surface area (Å²) in [6.45, 7) is 5.47. The number of anilines is 1. The van der Waals surface area contributed by atoms with E-state index in [9.17, 15) is 19.2 Å². The van der Waals surface area contributed by atoms with Crippen molar-refractivity contribution in [1.29, 1.82) is 0 Å². The Morgan fingerprint density at radius 3 is 2.34 bits per heavy atom. The summed E-state index contributed by atoms with van der Waals surface area (Å²) in [6.07, 6.45) is 0.931. The molecule has 0 atom stereocenters. The number of amides is 5. The molecular formula is C24H28N4O4. The maximum absolute atomic E-state index is 12.6. The minimum Gasteiger partial charge on any atom is -0.350 e. The third kappa shape index (κ3) is 4.96. The van der Waals surface area contributed by atoms with Gasteiger partial charge in [-0.25, -0.2) is 4.79 Å². The number of hydrogen-bond acceptors (Lipinski definition) is 4. The third-order valence-corrected chi connectivity index (χ3v) is 5.74. The summed E-state index contributed by atoms with van der Waals surface area (Å²) in [5.41, 5.74) is 2.07. The first kappa shape index (κ1) is 23.0. The summed E-state index contributed by atoms with van der Waals surface area (Å²) in [6, 6.07) is 13.8. The van der Waals surface area contributed by atoms with E-state index in [2.05, 4.69) is 16.0 Å². The quantitative estimate of drug-likeness (QED) is 0.553. The standard InChI is InChI=1S/C24H28N4O4/c1-4-24(5-2)22(31)28(23(32)27-24)15-20(29)25-14-17-7-6-8-19(13-17)26-21(30)18-11-9-16(3)10-12-18/h6-13H,4-5,14-15H2,1-3H3,(H,25,29)(H,26,30)(H,27,32). The van der Waals surface area contributed by atoms with Crippen LogP contribution >= 0.6 is 0 Å². The molecule has 8 nitrogen and oxygen atoms in total. The number of carbonyl (C=O) groups excluding carboxylic acids is 4. The van der Waals surface area contributed by atoms with E-state index in [-0.39, 0.29) is 24.9 Å². The van der Waals surface area contributed by atoms with Crippen LogP contribution in [0.25, 0.3) is 0 Å². The summed E-state index contributed by atoms with van der Waals surface area (Å²) < 4.78 is 0. The zero-order valence-corrected chi connectivity index (χ0v) is 18.5. The van der Waals surface area contributed by atoms with Gasteiger partial charge in [-0.1, -0.05) is 43.7 Å². The van der Waals surface area contributed by atoms with Crippen molar-refractivity contribution in [2.24, 2.45) is 0 Å². The van der Waals surface area contributed by atoms with Crippen LogP contribution in [0.5, 0.6) is 0 Å². The average molecular weight is 437 g/mol. The Bertz CT molecular complexity index is 1030. The first-order chi connectivity index (χ1) is 15.3.